The lowest BCUT2D eigenvalue weighted by Gasteiger charge is -2.17. The fraction of sp³-hybridized carbons (Fsp3) is 0.320. The number of aromatic nitrogens is 2. The van der Waals surface area contributed by atoms with Crippen LogP contribution in [0.4, 0.5) is 20.3 Å². The minimum Gasteiger partial charge on any atom is -0.492 e. The Balaban J connectivity index is 1.47. The lowest BCUT2D eigenvalue weighted by atomic mass is 9.96. The first kappa shape index (κ1) is 23.0. The fourth-order valence-corrected chi connectivity index (χ4v) is 4.34. The first-order valence-electron chi connectivity index (χ1n) is 11.3. The number of likely N-dealkylation sites (N-methyl/N-ethyl adjacent to an activating group) is 1. The molecule has 8 nitrogen and oxygen atoms in total. The van der Waals surface area contributed by atoms with Crippen molar-refractivity contribution in [2.45, 2.75) is 25.2 Å². The normalized spacial score (nSPS) is 15.0. The van der Waals surface area contributed by atoms with Crippen molar-refractivity contribution in [3.05, 3.63) is 58.9 Å². The first-order valence-corrected chi connectivity index (χ1v) is 11.3. The number of nitrogens with zero attached hydrogens (tertiary/aromatic N) is 2. The predicted molar refractivity (Wildman–Crippen MR) is 127 cm³/mol. The maximum Gasteiger partial charge on any atom is 0.258 e. The van der Waals surface area contributed by atoms with Crippen LogP contribution in [0.3, 0.4) is 0 Å². The van der Waals surface area contributed by atoms with Gasteiger partial charge in [-0.05, 0) is 56.6 Å². The molecular weight excluding hydrogens is 456 g/mol. The maximum absolute atomic E-state index is 14.9. The van der Waals surface area contributed by atoms with Crippen LogP contribution in [0.25, 0.3) is 11.3 Å². The molecule has 1 aliphatic carbocycles. The van der Waals surface area contributed by atoms with Crippen molar-refractivity contribution in [2.24, 2.45) is 0 Å². The zero-order valence-electron chi connectivity index (χ0n) is 19.4. The lowest BCUT2D eigenvalue weighted by Crippen LogP contribution is -2.17. The summed E-state index contributed by atoms with van der Waals surface area (Å²) in [6, 6.07) is 5.24. The second kappa shape index (κ2) is 8.77. The molecule has 2 aromatic carbocycles. The summed E-state index contributed by atoms with van der Waals surface area (Å²) < 4.78 is 41.0. The molecule has 3 aromatic rings. The summed E-state index contributed by atoms with van der Waals surface area (Å²) in [6.45, 7) is 3.04. The Bertz CT molecular complexity index is 1330. The van der Waals surface area contributed by atoms with Crippen molar-refractivity contribution >= 4 is 17.4 Å². The van der Waals surface area contributed by atoms with Gasteiger partial charge in [-0.3, -0.25) is 4.79 Å². The summed E-state index contributed by atoms with van der Waals surface area (Å²) in [5, 5.41) is 5.59. The van der Waals surface area contributed by atoms with E-state index in [1.807, 2.05) is 0 Å². The van der Waals surface area contributed by atoms with E-state index in [-0.39, 0.29) is 33.9 Å². The van der Waals surface area contributed by atoms with Gasteiger partial charge < -0.3 is 25.8 Å². The number of benzene rings is 2. The van der Waals surface area contributed by atoms with E-state index in [0.717, 1.165) is 18.4 Å². The van der Waals surface area contributed by atoms with Gasteiger partial charge >= 0.3 is 0 Å². The van der Waals surface area contributed by atoms with Crippen molar-refractivity contribution in [3.63, 3.8) is 0 Å². The number of nitrogens with one attached hydrogen (secondary N) is 2. The summed E-state index contributed by atoms with van der Waals surface area (Å²) in [5.74, 6) is -1.13. The van der Waals surface area contributed by atoms with Crippen molar-refractivity contribution in [1.29, 1.82) is 0 Å². The highest BCUT2D eigenvalue weighted by atomic mass is 19.1. The molecule has 2 heterocycles. The number of nitrogen functional groups attached to an aromatic ring is 1. The number of carbonyl (C=O) groups is 1. The van der Waals surface area contributed by atoms with Crippen LogP contribution >= 0.6 is 0 Å². The van der Waals surface area contributed by atoms with Gasteiger partial charge in [0.05, 0.1) is 12.2 Å². The number of rotatable bonds is 7. The Hall–Kier alpha value is -3.79. The smallest absolute Gasteiger partial charge is 0.258 e. The summed E-state index contributed by atoms with van der Waals surface area (Å²) in [4.78, 5) is 21.2. The molecule has 4 N–H and O–H groups in total. The number of nitrogens with two attached hydrogens (primary N) is 1. The van der Waals surface area contributed by atoms with Crippen molar-refractivity contribution < 1.29 is 23.0 Å². The SMILES string of the molecule is CNCCOc1c(N)ncnc1-c1cc(F)cc(NC(=O)c2cc3c(cc2F)C2(CC2)CO3)c1C. The second-order valence-electron chi connectivity index (χ2n) is 8.87. The molecule has 1 aromatic heterocycles. The van der Waals surface area contributed by atoms with Crippen LogP contribution in [0.5, 0.6) is 11.5 Å². The molecule has 182 valence electrons. The van der Waals surface area contributed by atoms with Gasteiger partial charge in [-0.2, -0.15) is 0 Å². The van der Waals surface area contributed by atoms with E-state index in [0.29, 0.717) is 36.6 Å². The Morgan fingerprint density at radius 1 is 1.23 bits per heavy atom. The number of amides is 1. The van der Waals surface area contributed by atoms with Crippen LogP contribution in [-0.2, 0) is 5.41 Å². The quantitative estimate of drug-likeness (QED) is 0.442. The van der Waals surface area contributed by atoms with Crippen LogP contribution < -0.4 is 25.8 Å². The highest BCUT2D eigenvalue weighted by molar-refractivity contribution is 6.05. The average molecular weight is 482 g/mol. The molecule has 1 aliphatic heterocycles. The lowest BCUT2D eigenvalue weighted by molar-refractivity contribution is 0.102. The monoisotopic (exact) mass is 481 g/mol. The van der Waals surface area contributed by atoms with Crippen molar-refractivity contribution in [3.8, 4) is 22.8 Å². The van der Waals surface area contributed by atoms with E-state index in [9.17, 15) is 13.6 Å². The summed E-state index contributed by atoms with van der Waals surface area (Å²) in [5.41, 5.74) is 7.85. The van der Waals surface area contributed by atoms with Crippen molar-refractivity contribution in [2.75, 3.05) is 37.9 Å². The molecule has 5 rings (SSSR count). The van der Waals surface area contributed by atoms with Crippen LogP contribution in [0.15, 0.2) is 30.6 Å². The van der Waals surface area contributed by atoms with E-state index >= 15 is 0 Å². The van der Waals surface area contributed by atoms with E-state index in [4.69, 9.17) is 15.2 Å². The molecule has 1 fully saturated rings. The Kier molecular flexibility index (Phi) is 5.76. The third-order valence-electron chi connectivity index (χ3n) is 6.55. The molecule has 35 heavy (non-hydrogen) atoms. The van der Waals surface area contributed by atoms with Gasteiger partial charge in [0, 0.05) is 28.8 Å². The van der Waals surface area contributed by atoms with E-state index in [1.165, 1.54) is 30.6 Å². The highest BCUT2D eigenvalue weighted by Crippen LogP contribution is 2.55. The van der Waals surface area contributed by atoms with E-state index < -0.39 is 17.5 Å². The Morgan fingerprint density at radius 2 is 2.03 bits per heavy atom. The number of anilines is 2. The number of carbonyl (C=O) groups excluding carboxylic acids is 1. The molecule has 1 saturated carbocycles. The van der Waals surface area contributed by atoms with Crippen LogP contribution in [0.2, 0.25) is 0 Å². The predicted octanol–water partition coefficient (Wildman–Crippen LogP) is 3.59. The van der Waals surface area contributed by atoms with Gasteiger partial charge in [0.15, 0.2) is 11.6 Å². The first-order chi connectivity index (χ1) is 16.8. The number of halogens is 2. The topological polar surface area (TPSA) is 111 Å². The molecule has 1 amide bonds. The third-order valence-corrected chi connectivity index (χ3v) is 6.55. The molecule has 0 bridgehead atoms. The minimum absolute atomic E-state index is 0.106. The third kappa shape index (κ3) is 4.14. The highest BCUT2D eigenvalue weighted by Gasteiger charge is 2.51. The molecule has 0 radical (unpaired) electrons. The van der Waals surface area contributed by atoms with Crippen LogP contribution in [0.1, 0.15) is 34.3 Å². The van der Waals surface area contributed by atoms with Gasteiger partial charge in [0.2, 0.25) is 0 Å². The fourth-order valence-electron chi connectivity index (χ4n) is 4.34. The number of hydrogen-bond donors (Lipinski definition) is 3. The number of hydrogen-bond acceptors (Lipinski definition) is 7. The molecular formula is C25H25F2N5O3. The molecule has 10 heteroatoms. The maximum atomic E-state index is 14.9. The number of ether oxygens (including phenoxy) is 2. The van der Waals surface area contributed by atoms with Crippen molar-refractivity contribution in [1.82, 2.24) is 15.3 Å². The summed E-state index contributed by atoms with van der Waals surface area (Å²) >= 11 is 0. The van der Waals surface area contributed by atoms with Gasteiger partial charge in [0.25, 0.3) is 5.91 Å². The number of fused-ring (bicyclic) bond motifs is 2. The molecule has 1 spiro atoms. The molecule has 0 atom stereocenters. The minimum atomic E-state index is -0.710. The van der Waals surface area contributed by atoms with Gasteiger partial charge in [-0.1, -0.05) is 0 Å². The van der Waals surface area contributed by atoms with E-state index in [1.54, 1.807) is 14.0 Å². The average Bonchev–Trinajstić information content (AvgIpc) is 3.54. The zero-order chi connectivity index (χ0) is 24.7. The van der Waals surface area contributed by atoms with E-state index in [2.05, 4.69) is 20.6 Å². The largest absolute Gasteiger partial charge is 0.492 e. The zero-order valence-corrected chi connectivity index (χ0v) is 19.4. The van der Waals surface area contributed by atoms with Gasteiger partial charge in [0.1, 0.15) is 36.0 Å². The van der Waals surface area contributed by atoms with Crippen LogP contribution in [0, 0.1) is 18.6 Å². The Morgan fingerprint density at radius 3 is 2.77 bits per heavy atom. The Labute approximate surface area is 200 Å². The van der Waals surface area contributed by atoms with Crippen LogP contribution in [-0.4, -0.2) is 42.7 Å². The van der Waals surface area contributed by atoms with Gasteiger partial charge in [-0.25, -0.2) is 18.7 Å². The second-order valence-corrected chi connectivity index (χ2v) is 8.87. The molecule has 2 aliphatic rings. The summed E-state index contributed by atoms with van der Waals surface area (Å²) in [7, 11) is 1.78. The summed E-state index contributed by atoms with van der Waals surface area (Å²) in [6.07, 6.45) is 3.15. The van der Waals surface area contributed by atoms with Gasteiger partial charge in [-0.15, -0.1) is 0 Å². The molecule has 0 saturated heterocycles. The standard InChI is InChI=1S/C25H25F2N5O3/c1-13-15(21-22(34-6-5-29-2)23(28)31-12-30-21)7-14(26)8-19(13)32-24(33)16-9-20-17(10-18(16)27)25(3-4-25)11-35-20/h7-10,12,29H,3-6,11H2,1-2H3,(H,32,33)(H2,28,30,31). The molecule has 0 unspecified atom stereocenters.